The van der Waals surface area contributed by atoms with Gasteiger partial charge in [0.2, 0.25) is 11.8 Å². The van der Waals surface area contributed by atoms with Gasteiger partial charge in [-0.25, -0.2) is 4.57 Å². The van der Waals surface area contributed by atoms with E-state index in [9.17, 15) is 68.3 Å². The molecule has 0 saturated carbocycles. The van der Waals surface area contributed by atoms with Crippen LogP contribution in [0.1, 0.15) is 485 Å². The summed E-state index contributed by atoms with van der Waals surface area (Å²) in [6.45, 7) is 11.1. The summed E-state index contributed by atoms with van der Waals surface area (Å²) in [6, 6.07) is -3.66. The summed E-state index contributed by atoms with van der Waals surface area (Å²) in [5.41, 5.74) is 0. The second-order valence-corrected chi connectivity index (χ2v) is 36.3. The van der Waals surface area contributed by atoms with Crippen molar-refractivity contribution < 1.29 is 101 Å². The molecule has 0 aromatic rings. The molecule has 1 heterocycles. The maximum Gasteiger partial charge on any atom is 0.470 e. The van der Waals surface area contributed by atoms with Crippen LogP contribution >= 0.6 is 7.82 Å². The predicted molar refractivity (Wildman–Crippen MR) is 479 cm³/mol. The number of phosphoric ester groups is 1. The van der Waals surface area contributed by atoms with E-state index in [0.717, 1.165) is 199 Å². The van der Waals surface area contributed by atoms with Gasteiger partial charge in [0.05, 0.1) is 32.5 Å². The number of phosphoric acid groups is 1. The van der Waals surface area contributed by atoms with Crippen molar-refractivity contribution in [3.8, 4) is 0 Å². The minimum atomic E-state index is -5.61. The standard InChI is InChI=1S/C96H181N2O21P/c1-7-13-19-25-31-37-39-40-42-48-54-59-65-70-87(104)114-79(67-61-55-49-43-33-27-21-15-9-3)73-85(102)97-82(76-99)92(108)93(109)83(101)78-113-96-91(98-86(103)74-80(68-62-56-50-44-34-28-22-16-10-4)115-88(105)71-64-58-52-46-36-30-24-18-12-6)95(94(84(77-100)117-96)119-120(110,111)112)118-90(107)75-81(69-63-57-51-45-35-29-23-17-11-5)116-89(106)72-66-60-53-47-41-38-32-26-20-14-8-2/h76,79-84,91-96,100-101,108-109H,7-75,77-78H2,1-6H3,(H,97,102)(H,98,103)(H2,110,111,112)/t79-,80-,81-,82+,83-,84-,91-,92-,93-,94-,95?,96-/m1/s1. The number of aliphatic hydroxyl groups excluding tert-OH is 4. The van der Waals surface area contributed by atoms with Gasteiger partial charge in [-0.1, -0.05) is 388 Å². The smallest absolute Gasteiger partial charge is 0.462 e. The van der Waals surface area contributed by atoms with Gasteiger partial charge >= 0.3 is 31.7 Å². The summed E-state index contributed by atoms with van der Waals surface area (Å²) in [6.07, 6.45) is 46.5. The van der Waals surface area contributed by atoms with Crippen LogP contribution in [-0.2, 0) is 71.1 Å². The summed E-state index contributed by atoms with van der Waals surface area (Å²) in [4.78, 5) is 118. The van der Waals surface area contributed by atoms with E-state index in [4.69, 9.17) is 32.9 Å². The van der Waals surface area contributed by atoms with Crippen LogP contribution < -0.4 is 10.6 Å². The van der Waals surface area contributed by atoms with E-state index in [0.29, 0.717) is 51.4 Å². The third kappa shape index (κ3) is 65.0. The van der Waals surface area contributed by atoms with Crippen LogP contribution in [0, 0.1) is 0 Å². The number of amides is 2. The van der Waals surface area contributed by atoms with Crippen molar-refractivity contribution in [3.05, 3.63) is 0 Å². The van der Waals surface area contributed by atoms with Crippen molar-refractivity contribution in [2.75, 3.05) is 13.2 Å². The molecule has 1 aliphatic heterocycles. The molecule has 0 aromatic carbocycles. The van der Waals surface area contributed by atoms with E-state index < -0.39 is 143 Å². The number of unbranched alkanes of at least 4 members (excludes halogenated alkanes) is 54. The monoisotopic (exact) mass is 1730 g/mol. The predicted octanol–water partition coefficient (Wildman–Crippen LogP) is 22.1. The average molecular weight is 1730 g/mol. The molecule has 1 rings (SSSR count). The minimum absolute atomic E-state index is 0.110. The summed E-state index contributed by atoms with van der Waals surface area (Å²) >= 11 is 0. The molecular formula is C96H181N2O21P. The zero-order chi connectivity index (χ0) is 88.2. The first kappa shape index (κ1) is 114. The lowest BCUT2D eigenvalue weighted by atomic mass is 9.95. The Hall–Kier alpha value is -3.64. The van der Waals surface area contributed by atoms with Crippen molar-refractivity contribution >= 4 is 49.8 Å². The lowest BCUT2D eigenvalue weighted by molar-refractivity contribution is -0.278. The fourth-order valence-electron chi connectivity index (χ4n) is 16.2. The summed E-state index contributed by atoms with van der Waals surface area (Å²) < 4.78 is 55.0. The van der Waals surface area contributed by atoms with Gasteiger partial charge in [-0.15, -0.1) is 0 Å². The van der Waals surface area contributed by atoms with Gasteiger partial charge in [0.15, 0.2) is 12.4 Å². The SMILES string of the molecule is CCCCCCCCCCCCCCCC(=O)O[C@H](CCCCCCCCCCC)CC(=O)N[C@@H](C=O)[C@@H](O)[C@H](O)[C@H](O)CO[C@@H]1O[C@H](CO)[C@@H](OP(=O)(O)O)C(OC(=O)C[C@@H](CCCCCCCCCCC)OC(=O)CCCCCCCCCCCCC)[C@H]1NC(=O)C[C@@H](CCCCCCCCCCC)OC(=O)CCCCCCCCCCC. The molecule has 12 atom stereocenters. The highest BCUT2D eigenvalue weighted by Gasteiger charge is 2.53. The third-order valence-electron chi connectivity index (χ3n) is 23.7. The highest BCUT2D eigenvalue weighted by molar-refractivity contribution is 7.46. The molecule has 0 aliphatic carbocycles. The zero-order valence-electron chi connectivity index (χ0n) is 77.0. The largest absolute Gasteiger partial charge is 0.470 e. The van der Waals surface area contributed by atoms with Gasteiger partial charge in [0.25, 0.3) is 0 Å². The Balaban J connectivity index is 3.76. The number of aldehydes is 1. The number of aliphatic hydroxyl groups is 4. The molecule has 120 heavy (non-hydrogen) atoms. The molecule has 0 aromatic heterocycles. The van der Waals surface area contributed by atoms with Gasteiger partial charge in [0.1, 0.15) is 67.2 Å². The Morgan fingerprint density at radius 3 is 0.950 bits per heavy atom. The van der Waals surface area contributed by atoms with Crippen LogP contribution in [0.15, 0.2) is 0 Å². The van der Waals surface area contributed by atoms with E-state index in [-0.39, 0.29) is 38.4 Å². The van der Waals surface area contributed by atoms with Gasteiger partial charge in [-0.2, -0.15) is 0 Å². The summed E-state index contributed by atoms with van der Waals surface area (Å²) in [5, 5.41) is 51.2. The fraction of sp³-hybridized carbons (Fsp3) is 0.927. The van der Waals surface area contributed by atoms with Crippen LogP contribution in [0.25, 0.3) is 0 Å². The van der Waals surface area contributed by atoms with E-state index in [1.165, 1.54) is 148 Å². The van der Waals surface area contributed by atoms with E-state index >= 15 is 0 Å². The molecule has 706 valence electrons. The molecule has 0 bridgehead atoms. The lowest BCUT2D eigenvalue weighted by Crippen LogP contribution is -2.66. The van der Waals surface area contributed by atoms with Crippen LogP contribution in [0.3, 0.4) is 0 Å². The number of hydrogen-bond donors (Lipinski definition) is 8. The van der Waals surface area contributed by atoms with Crippen molar-refractivity contribution in [2.24, 2.45) is 0 Å². The van der Waals surface area contributed by atoms with Crippen LogP contribution in [-0.4, -0.2) is 159 Å². The molecular weight excluding hydrogens is 1550 g/mol. The molecule has 23 nitrogen and oxygen atoms in total. The number of carbonyl (C=O) groups is 7. The lowest BCUT2D eigenvalue weighted by Gasteiger charge is -2.45. The second-order valence-electron chi connectivity index (χ2n) is 35.1. The maximum atomic E-state index is 14.9. The van der Waals surface area contributed by atoms with Gasteiger partial charge in [-0.3, -0.25) is 33.3 Å². The first-order valence-electron chi connectivity index (χ1n) is 49.7. The molecule has 1 unspecified atom stereocenters. The molecule has 1 fully saturated rings. The number of ether oxygens (including phenoxy) is 6. The fourth-order valence-corrected chi connectivity index (χ4v) is 16.8. The van der Waals surface area contributed by atoms with Gasteiger partial charge in [0, 0.05) is 19.3 Å². The van der Waals surface area contributed by atoms with Crippen molar-refractivity contribution in [3.63, 3.8) is 0 Å². The number of hydrogen-bond acceptors (Lipinski definition) is 19. The van der Waals surface area contributed by atoms with Crippen LogP contribution in [0.5, 0.6) is 0 Å². The Labute approximate surface area is 729 Å². The number of esters is 4. The summed E-state index contributed by atoms with van der Waals surface area (Å²) in [5.74, 6) is -4.09. The number of rotatable bonds is 88. The number of nitrogens with one attached hydrogen (secondary N) is 2. The van der Waals surface area contributed by atoms with Crippen molar-refractivity contribution in [1.29, 1.82) is 0 Å². The number of carbonyl (C=O) groups excluding carboxylic acids is 7. The highest BCUT2D eigenvalue weighted by Crippen LogP contribution is 2.43. The van der Waals surface area contributed by atoms with Crippen molar-refractivity contribution in [2.45, 2.75) is 558 Å². The second kappa shape index (κ2) is 80.0. The van der Waals surface area contributed by atoms with Gasteiger partial charge < -0.3 is 74.1 Å². The molecule has 8 N–H and O–H groups in total. The first-order valence-corrected chi connectivity index (χ1v) is 51.2. The quantitative estimate of drug-likeness (QED) is 0.00922. The van der Waals surface area contributed by atoms with Crippen molar-refractivity contribution in [1.82, 2.24) is 10.6 Å². The minimum Gasteiger partial charge on any atom is -0.462 e. The Morgan fingerprint density at radius 1 is 0.375 bits per heavy atom. The maximum absolute atomic E-state index is 14.9. The van der Waals surface area contributed by atoms with Gasteiger partial charge in [-0.05, 0) is 57.8 Å². The Morgan fingerprint density at radius 2 is 0.658 bits per heavy atom. The molecule has 1 aliphatic rings. The van der Waals surface area contributed by atoms with E-state index in [1.54, 1.807) is 0 Å². The Bertz CT molecular complexity index is 2500. The van der Waals surface area contributed by atoms with Crippen LogP contribution in [0.2, 0.25) is 0 Å². The molecule has 24 heteroatoms. The molecule has 0 spiro atoms. The average Bonchev–Trinajstić information content (AvgIpc) is 0.778. The summed E-state index contributed by atoms with van der Waals surface area (Å²) in [7, 11) is -5.61. The highest BCUT2D eigenvalue weighted by atomic mass is 31.2. The van der Waals surface area contributed by atoms with E-state index in [2.05, 4.69) is 52.2 Å². The topological polar surface area (TPSA) is 347 Å². The van der Waals surface area contributed by atoms with Crippen LogP contribution in [0.4, 0.5) is 0 Å². The zero-order valence-corrected chi connectivity index (χ0v) is 77.9. The molecule has 2 amide bonds. The first-order chi connectivity index (χ1) is 58.2. The Kier molecular flexibility index (Phi) is 76.2. The normalized spacial score (nSPS) is 17.4. The third-order valence-corrected chi connectivity index (χ3v) is 24.2. The molecule has 0 radical (unpaired) electrons. The van der Waals surface area contributed by atoms with E-state index in [1.807, 2.05) is 0 Å². The molecule has 1 saturated heterocycles.